The van der Waals surface area contributed by atoms with Crippen molar-refractivity contribution in [3.63, 3.8) is 0 Å². The molecule has 2 heterocycles. The summed E-state index contributed by atoms with van der Waals surface area (Å²) in [7, 11) is 1.00. The van der Waals surface area contributed by atoms with E-state index in [1.165, 1.54) is 0 Å². The number of rotatable bonds is 0. The monoisotopic (exact) mass is 169 g/mol. The summed E-state index contributed by atoms with van der Waals surface area (Å²) in [6, 6.07) is 0. The van der Waals surface area contributed by atoms with Gasteiger partial charge in [0.2, 0.25) is 0 Å². The van der Waals surface area contributed by atoms with E-state index in [0.717, 1.165) is 17.7 Å². The Morgan fingerprint density at radius 2 is 2.33 bits per heavy atom. The maximum absolute atomic E-state index is 9.14. The number of nitrogens with one attached hydrogen (secondary N) is 1. The van der Waals surface area contributed by atoms with Crippen molar-refractivity contribution in [1.82, 2.24) is 10.5 Å². The first kappa shape index (κ1) is 8.76. The highest BCUT2D eigenvalue weighted by Crippen LogP contribution is 2.13. The van der Waals surface area contributed by atoms with Crippen molar-refractivity contribution in [3.8, 4) is 0 Å². The number of hydroxylamine groups is 2. The molecule has 1 atom stereocenters. The lowest BCUT2D eigenvalue weighted by molar-refractivity contribution is -0.0746. The Labute approximate surface area is 70.3 Å². The quantitative estimate of drug-likeness (QED) is 0.464. The third kappa shape index (κ3) is 1.46. The Kier molecular flexibility index (Phi) is 2.84. The van der Waals surface area contributed by atoms with Crippen LogP contribution < -0.4 is 5.43 Å². The standard InChI is InChI=1S/C6H7N3O.CH4O/c10-9-3-1-2-5-4-7-8-6(5)9;1-2/h1-4,6,8,10H;2H,1H3. The van der Waals surface area contributed by atoms with Crippen LogP contribution in [0.3, 0.4) is 0 Å². The molecule has 2 aliphatic heterocycles. The molecule has 2 rings (SSSR count). The smallest absolute Gasteiger partial charge is 0.166 e. The minimum Gasteiger partial charge on any atom is -0.400 e. The average molecular weight is 169 g/mol. The van der Waals surface area contributed by atoms with Crippen molar-refractivity contribution >= 4 is 6.21 Å². The summed E-state index contributed by atoms with van der Waals surface area (Å²) in [4.78, 5) is 0. The number of hydrazone groups is 1. The first-order chi connectivity index (χ1) is 5.88. The molecular formula is C7H11N3O2. The fourth-order valence-electron chi connectivity index (χ4n) is 1.00. The first-order valence-electron chi connectivity index (χ1n) is 3.47. The van der Waals surface area contributed by atoms with Crippen LogP contribution in [0.4, 0.5) is 0 Å². The summed E-state index contributed by atoms with van der Waals surface area (Å²) in [5.41, 5.74) is 3.71. The van der Waals surface area contributed by atoms with Crippen molar-refractivity contribution in [1.29, 1.82) is 0 Å². The summed E-state index contributed by atoms with van der Waals surface area (Å²) >= 11 is 0. The first-order valence-corrected chi connectivity index (χ1v) is 3.47. The SMILES string of the molecule is CO.ON1C=CC=C2C=NNC21. The van der Waals surface area contributed by atoms with Crippen LogP contribution in [0.2, 0.25) is 0 Å². The molecule has 0 fully saturated rings. The summed E-state index contributed by atoms with van der Waals surface area (Å²) in [6.07, 6.45) is 6.77. The van der Waals surface area contributed by atoms with Gasteiger partial charge in [-0.3, -0.25) is 10.6 Å². The largest absolute Gasteiger partial charge is 0.400 e. The number of fused-ring (bicyclic) bond motifs is 1. The van der Waals surface area contributed by atoms with E-state index >= 15 is 0 Å². The Morgan fingerprint density at radius 1 is 1.58 bits per heavy atom. The lowest BCUT2D eigenvalue weighted by Crippen LogP contribution is -2.37. The van der Waals surface area contributed by atoms with Gasteiger partial charge in [0, 0.05) is 18.9 Å². The second-order valence-corrected chi connectivity index (χ2v) is 2.18. The van der Waals surface area contributed by atoms with Gasteiger partial charge in [-0.05, 0) is 6.08 Å². The third-order valence-electron chi connectivity index (χ3n) is 1.52. The van der Waals surface area contributed by atoms with Gasteiger partial charge in [-0.1, -0.05) is 6.08 Å². The molecule has 2 aliphatic rings. The van der Waals surface area contributed by atoms with Crippen molar-refractivity contribution in [2.75, 3.05) is 7.11 Å². The van der Waals surface area contributed by atoms with Crippen LogP contribution in [-0.2, 0) is 0 Å². The van der Waals surface area contributed by atoms with Gasteiger partial charge in [0.05, 0.1) is 6.21 Å². The number of aliphatic hydroxyl groups is 1. The molecule has 3 N–H and O–H groups in total. The van der Waals surface area contributed by atoms with Crippen molar-refractivity contribution in [3.05, 3.63) is 23.9 Å². The molecule has 0 aromatic rings. The van der Waals surface area contributed by atoms with Crippen LogP contribution in [0.15, 0.2) is 29.0 Å². The fourth-order valence-corrected chi connectivity index (χ4v) is 1.00. The molecule has 5 heteroatoms. The average Bonchev–Trinajstić information content (AvgIpc) is 2.57. The number of allylic oxidation sites excluding steroid dienone is 2. The minimum absolute atomic E-state index is 0.176. The fraction of sp³-hybridized carbons (Fsp3) is 0.286. The van der Waals surface area contributed by atoms with Crippen LogP contribution in [-0.4, -0.2) is 34.9 Å². The second kappa shape index (κ2) is 3.89. The molecule has 0 aromatic heterocycles. The molecule has 1 unspecified atom stereocenters. The Bertz CT molecular complexity index is 235. The summed E-state index contributed by atoms with van der Waals surface area (Å²) in [5.74, 6) is 0. The molecule has 0 saturated heterocycles. The van der Waals surface area contributed by atoms with Crippen LogP contribution in [0, 0.1) is 0 Å². The van der Waals surface area contributed by atoms with Crippen molar-refractivity contribution in [2.45, 2.75) is 6.17 Å². The normalized spacial score (nSPS) is 23.8. The van der Waals surface area contributed by atoms with Gasteiger partial charge in [-0.25, -0.2) is 5.06 Å². The van der Waals surface area contributed by atoms with Gasteiger partial charge < -0.3 is 5.11 Å². The van der Waals surface area contributed by atoms with Gasteiger partial charge in [0.15, 0.2) is 6.17 Å². The minimum atomic E-state index is -0.176. The Morgan fingerprint density at radius 3 is 3.00 bits per heavy atom. The molecule has 0 radical (unpaired) electrons. The van der Waals surface area contributed by atoms with E-state index in [1.54, 1.807) is 18.5 Å². The third-order valence-corrected chi connectivity index (χ3v) is 1.52. The van der Waals surface area contributed by atoms with E-state index in [2.05, 4.69) is 10.5 Å². The molecule has 0 spiro atoms. The van der Waals surface area contributed by atoms with Crippen LogP contribution >= 0.6 is 0 Å². The number of hydrogen-bond acceptors (Lipinski definition) is 5. The molecule has 5 nitrogen and oxygen atoms in total. The highest BCUT2D eigenvalue weighted by Gasteiger charge is 2.22. The molecule has 12 heavy (non-hydrogen) atoms. The van der Waals surface area contributed by atoms with E-state index in [0.29, 0.717) is 0 Å². The Balaban J connectivity index is 0.000000336. The molecule has 0 saturated carbocycles. The van der Waals surface area contributed by atoms with Crippen LogP contribution in [0.25, 0.3) is 0 Å². The van der Waals surface area contributed by atoms with Gasteiger partial charge in [-0.2, -0.15) is 5.10 Å². The Hall–Kier alpha value is -1.33. The lowest BCUT2D eigenvalue weighted by Gasteiger charge is -2.22. The molecule has 0 bridgehead atoms. The molecule has 66 valence electrons. The second-order valence-electron chi connectivity index (χ2n) is 2.18. The van der Waals surface area contributed by atoms with E-state index in [4.69, 9.17) is 10.3 Å². The van der Waals surface area contributed by atoms with E-state index in [1.807, 2.05) is 6.08 Å². The molecule has 0 aromatic carbocycles. The van der Waals surface area contributed by atoms with Gasteiger partial charge in [-0.15, -0.1) is 0 Å². The van der Waals surface area contributed by atoms with E-state index < -0.39 is 0 Å². The zero-order chi connectivity index (χ0) is 8.97. The predicted octanol–water partition coefficient (Wildman–Crippen LogP) is -0.345. The topological polar surface area (TPSA) is 68.1 Å². The summed E-state index contributed by atoms with van der Waals surface area (Å²) < 4.78 is 0. The maximum Gasteiger partial charge on any atom is 0.166 e. The number of hydrogen-bond donors (Lipinski definition) is 3. The van der Waals surface area contributed by atoms with Gasteiger partial charge >= 0.3 is 0 Å². The van der Waals surface area contributed by atoms with Crippen LogP contribution in [0.1, 0.15) is 0 Å². The van der Waals surface area contributed by atoms with Crippen molar-refractivity contribution < 1.29 is 10.3 Å². The van der Waals surface area contributed by atoms with E-state index in [9.17, 15) is 0 Å². The number of aliphatic hydroxyl groups excluding tert-OH is 1. The van der Waals surface area contributed by atoms with Gasteiger partial charge in [0.1, 0.15) is 0 Å². The highest BCUT2D eigenvalue weighted by molar-refractivity contribution is 5.82. The predicted molar refractivity (Wildman–Crippen MR) is 44.4 cm³/mol. The zero-order valence-electron chi connectivity index (χ0n) is 6.68. The number of nitrogens with zero attached hydrogens (tertiary/aromatic N) is 2. The summed E-state index contributed by atoms with van der Waals surface area (Å²) in [5, 5.41) is 21.0. The van der Waals surface area contributed by atoms with Crippen molar-refractivity contribution in [2.24, 2.45) is 5.10 Å². The maximum atomic E-state index is 9.14. The summed E-state index contributed by atoms with van der Waals surface area (Å²) in [6.45, 7) is 0. The highest BCUT2D eigenvalue weighted by atomic mass is 16.5. The molecular weight excluding hydrogens is 158 g/mol. The molecule has 0 aliphatic carbocycles. The molecule has 0 amide bonds. The van der Waals surface area contributed by atoms with E-state index in [-0.39, 0.29) is 6.17 Å². The van der Waals surface area contributed by atoms with Crippen LogP contribution in [0.5, 0.6) is 0 Å². The zero-order valence-corrected chi connectivity index (χ0v) is 6.68. The lowest BCUT2D eigenvalue weighted by atomic mass is 10.2. The van der Waals surface area contributed by atoms with Gasteiger partial charge in [0.25, 0.3) is 0 Å².